The second-order valence-corrected chi connectivity index (χ2v) is 6.37. The molecule has 0 radical (unpaired) electrons. The second kappa shape index (κ2) is 7.11. The summed E-state index contributed by atoms with van der Waals surface area (Å²) < 4.78 is 3.58. The minimum atomic E-state index is -0.227. The molecule has 4 rings (SSSR count). The molecule has 0 saturated heterocycles. The molecule has 27 heavy (non-hydrogen) atoms. The van der Waals surface area contributed by atoms with Crippen LogP contribution in [0.15, 0.2) is 83.7 Å². The van der Waals surface area contributed by atoms with Crippen molar-refractivity contribution in [3.63, 3.8) is 0 Å². The summed E-state index contributed by atoms with van der Waals surface area (Å²) in [4.78, 5) is 13.1. The van der Waals surface area contributed by atoms with E-state index in [-0.39, 0.29) is 16.5 Å². The maximum atomic E-state index is 13.1. The highest BCUT2D eigenvalue weighted by atomic mass is 16.8. The van der Waals surface area contributed by atoms with Crippen LogP contribution in [0, 0.1) is 5.21 Å². The lowest BCUT2D eigenvalue weighted by Crippen LogP contribution is -2.24. The van der Waals surface area contributed by atoms with E-state index in [0.29, 0.717) is 24.0 Å². The van der Waals surface area contributed by atoms with Crippen LogP contribution in [0.25, 0.3) is 10.9 Å². The van der Waals surface area contributed by atoms with Gasteiger partial charge in [-0.3, -0.25) is 14.7 Å². The molecule has 0 aliphatic rings. The van der Waals surface area contributed by atoms with Crippen molar-refractivity contribution in [1.82, 2.24) is 9.36 Å². The first kappa shape index (κ1) is 17.1. The number of rotatable bonds is 5. The third-order valence-corrected chi connectivity index (χ3v) is 4.59. The second-order valence-electron chi connectivity index (χ2n) is 6.37. The first-order valence-corrected chi connectivity index (χ1v) is 8.61. The van der Waals surface area contributed by atoms with E-state index in [9.17, 15) is 15.2 Å². The summed E-state index contributed by atoms with van der Waals surface area (Å²) in [6.45, 7) is 0.933. The first-order chi connectivity index (χ1) is 13.1. The van der Waals surface area contributed by atoms with Crippen LogP contribution in [0.4, 0.5) is 5.69 Å². The molecule has 0 atom stereocenters. The van der Waals surface area contributed by atoms with Crippen LogP contribution in [0.3, 0.4) is 0 Å². The van der Waals surface area contributed by atoms with Crippen molar-refractivity contribution in [2.45, 2.75) is 13.1 Å². The highest BCUT2D eigenvalue weighted by Gasteiger charge is 2.15. The van der Waals surface area contributed by atoms with Gasteiger partial charge in [0.1, 0.15) is 0 Å². The zero-order chi connectivity index (χ0) is 18.8. The molecule has 1 aromatic heterocycles. The molecule has 1 N–H and O–H groups in total. The molecular weight excluding hydrogens is 342 g/mol. The SMILES string of the molecule is O=c1c2cc(N([O-])O)ccc2n(Cc2ccccc2)n1Cc1ccccc1. The number of nitrogens with zero attached hydrogens (tertiary/aromatic N) is 3. The lowest BCUT2D eigenvalue weighted by molar-refractivity contribution is 0.296. The van der Waals surface area contributed by atoms with Gasteiger partial charge >= 0.3 is 0 Å². The molecule has 0 bridgehead atoms. The van der Waals surface area contributed by atoms with E-state index in [2.05, 4.69) is 0 Å². The topological polar surface area (TPSA) is 73.5 Å². The smallest absolute Gasteiger partial charge is 0.274 e. The molecule has 0 saturated carbocycles. The number of aromatic nitrogens is 2. The van der Waals surface area contributed by atoms with Gasteiger partial charge in [-0.15, -0.1) is 0 Å². The lowest BCUT2D eigenvalue weighted by atomic mass is 10.2. The molecule has 3 aromatic carbocycles. The molecular formula is C21H18N3O3-. The van der Waals surface area contributed by atoms with Gasteiger partial charge in [0, 0.05) is 0 Å². The third-order valence-electron chi connectivity index (χ3n) is 4.59. The fourth-order valence-corrected chi connectivity index (χ4v) is 3.26. The summed E-state index contributed by atoms with van der Waals surface area (Å²) in [6, 6.07) is 24.2. The molecule has 0 aliphatic heterocycles. The highest BCUT2D eigenvalue weighted by Crippen LogP contribution is 2.21. The van der Waals surface area contributed by atoms with Crippen LogP contribution >= 0.6 is 0 Å². The summed E-state index contributed by atoms with van der Waals surface area (Å²) in [6.07, 6.45) is 0. The average molecular weight is 360 g/mol. The number of hydrogen-bond donors (Lipinski definition) is 1. The van der Waals surface area contributed by atoms with Crippen LogP contribution in [-0.4, -0.2) is 14.6 Å². The van der Waals surface area contributed by atoms with E-state index < -0.39 is 0 Å². The Bertz CT molecular complexity index is 1120. The van der Waals surface area contributed by atoms with Crippen molar-refractivity contribution in [1.29, 1.82) is 0 Å². The molecule has 0 aliphatic carbocycles. The highest BCUT2D eigenvalue weighted by molar-refractivity contribution is 5.82. The first-order valence-electron chi connectivity index (χ1n) is 8.61. The van der Waals surface area contributed by atoms with Gasteiger partial charge in [-0.25, -0.2) is 4.68 Å². The Morgan fingerprint density at radius 2 is 1.37 bits per heavy atom. The van der Waals surface area contributed by atoms with Gasteiger partial charge < -0.3 is 10.4 Å². The largest absolute Gasteiger partial charge is 0.733 e. The van der Waals surface area contributed by atoms with Gasteiger partial charge in [-0.1, -0.05) is 60.7 Å². The monoisotopic (exact) mass is 360 g/mol. The van der Waals surface area contributed by atoms with Crippen LogP contribution in [0.2, 0.25) is 0 Å². The fourth-order valence-electron chi connectivity index (χ4n) is 3.26. The van der Waals surface area contributed by atoms with Crippen LogP contribution < -0.4 is 10.8 Å². The minimum Gasteiger partial charge on any atom is -0.733 e. The van der Waals surface area contributed by atoms with Crippen LogP contribution in [0.5, 0.6) is 0 Å². The Kier molecular flexibility index (Phi) is 4.50. The Morgan fingerprint density at radius 3 is 1.93 bits per heavy atom. The minimum absolute atomic E-state index is 0.0309. The standard InChI is InChI=1S/C21H18N3O3/c25-21-19-13-18(24(26)27)11-12-20(19)22(14-16-7-3-1-4-8-16)23(21)15-17-9-5-2-6-10-17/h1-13,26H,14-15H2/q-1. The van der Waals surface area contributed by atoms with E-state index in [1.54, 1.807) is 10.7 Å². The summed E-state index contributed by atoms with van der Waals surface area (Å²) in [5, 5.41) is 20.6. The van der Waals surface area contributed by atoms with Gasteiger partial charge in [-0.2, -0.15) is 0 Å². The van der Waals surface area contributed by atoms with Crippen molar-refractivity contribution in [3.8, 4) is 0 Å². The van der Waals surface area contributed by atoms with Gasteiger partial charge in [0.2, 0.25) is 0 Å². The number of anilines is 1. The summed E-state index contributed by atoms with van der Waals surface area (Å²) in [7, 11) is 0. The molecule has 1 heterocycles. The molecule has 0 amide bonds. The molecule has 0 spiro atoms. The van der Waals surface area contributed by atoms with E-state index >= 15 is 0 Å². The molecule has 4 aromatic rings. The Hall–Kier alpha value is -3.35. The van der Waals surface area contributed by atoms with Gasteiger partial charge in [0.25, 0.3) is 5.56 Å². The predicted molar refractivity (Wildman–Crippen MR) is 105 cm³/mol. The van der Waals surface area contributed by atoms with Crippen molar-refractivity contribution in [2.24, 2.45) is 0 Å². The van der Waals surface area contributed by atoms with Gasteiger partial charge in [0.05, 0.1) is 29.7 Å². The maximum absolute atomic E-state index is 13.1. The number of hydrogen-bond acceptors (Lipinski definition) is 4. The van der Waals surface area contributed by atoms with Crippen molar-refractivity contribution >= 4 is 16.6 Å². The Labute approximate surface area is 155 Å². The quantitative estimate of drug-likeness (QED) is 0.552. The third kappa shape index (κ3) is 3.36. The van der Waals surface area contributed by atoms with E-state index in [4.69, 9.17) is 0 Å². The van der Waals surface area contributed by atoms with Crippen molar-refractivity contribution < 1.29 is 5.21 Å². The summed E-state index contributed by atoms with van der Waals surface area (Å²) in [5.41, 5.74) is 2.61. The summed E-state index contributed by atoms with van der Waals surface area (Å²) in [5.74, 6) is 0. The summed E-state index contributed by atoms with van der Waals surface area (Å²) >= 11 is 0. The number of benzene rings is 3. The van der Waals surface area contributed by atoms with E-state index in [1.165, 1.54) is 12.1 Å². The van der Waals surface area contributed by atoms with E-state index in [1.807, 2.05) is 65.3 Å². The van der Waals surface area contributed by atoms with Gasteiger partial charge in [0.15, 0.2) is 0 Å². The zero-order valence-electron chi connectivity index (χ0n) is 14.5. The van der Waals surface area contributed by atoms with Crippen molar-refractivity contribution in [2.75, 3.05) is 5.23 Å². The molecule has 0 fully saturated rings. The number of fused-ring (bicyclic) bond motifs is 1. The van der Waals surface area contributed by atoms with Crippen LogP contribution in [0.1, 0.15) is 11.1 Å². The zero-order valence-corrected chi connectivity index (χ0v) is 14.5. The lowest BCUT2D eigenvalue weighted by Gasteiger charge is -2.21. The predicted octanol–water partition coefficient (Wildman–Crippen LogP) is 3.59. The maximum Gasteiger partial charge on any atom is 0.274 e. The van der Waals surface area contributed by atoms with Crippen molar-refractivity contribution in [3.05, 3.63) is 106 Å². The Morgan fingerprint density at radius 1 is 0.815 bits per heavy atom. The normalized spacial score (nSPS) is 11.0. The molecule has 0 unspecified atom stereocenters. The molecule has 6 nitrogen and oxygen atoms in total. The fraction of sp³-hybridized carbons (Fsp3) is 0.0952. The molecule has 136 valence electrons. The Balaban J connectivity index is 1.88. The van der Waals surface area contributed by atoms with Gasteiger partial charge in [-0.05, 0) is 29.3 Å². The van der Waals surface area contributed by atoms with E-state index in [0.717, 1.165) is 11.1 Å². The average Bonchev–Trinajstić information content (AvgIpc) is 2.95. The van der Waals surface area contributed by atoms with Crippen LogP contribution in [-0.2, 0) is 13.1 Å². The molecule has 6 heteroatoms.